The van der Waals surface area contributed by atoms with Crippen LogP contribution in [0.2, 0.25) is 0 Å². The quantitative estimate of drug-likeness (QED) is 0.674. The van der Waals surface area contributed by atoms with Crippen LogP contribution in [0.25, 0.3) is 5.57 Å². The molecule has 1 aromatic rings. The van der Waals surface area contributed by atoms with Crippen molar-refractivity contribution in [3.8, 4) is 0 Å². The van der Waals surface area contributed by atoms with Gasteiger partial charge in [0, 0.05) is 5.41 Å². The van der Waals surface area contributed by atoms with Gasteiger partial charge in [-0.25, -0.2) is 0 Å². The molecule has 0 saturated heterocycles. The van der Waals surface area contributed by atoms with E-state index in [1.807, 2.05) is 6.08 Å². The van der Waals surface area contributed by atoms with E-state index in [9.17, 15) is 0 Å². The van der Waals surface area contributed by atoms with Gasteiger partial charge in [0.25, 0.3) is 0 Å². The molecule has 0 bridgehead atoms. The highest BCUT2D eigenvalue weighted by Gasteiger charge is 2.34. The average Bonchev–Trinajstić information content (AvgIpc) is 2.49. The fourth-order valence-corrected chi connectivity index (χ4v) is 2.57. The Labute approximate surface area is 98.0 Å². The van der Waals surface area contributed by atoms with Crippen LogP contribution in [0.15, 0.2) is 54.6 Å². The topological polar surface area (TPSA) is 0 Å². The van der Waals surface area contributed by atoms with Crippen LogP contribution in [0.4, 0.5) is 0 Å². The van der Waals surface area contributed by atoms with Crippen molar-refractivity contribution in [1.29, 1.82) is 0 Å². The molecule has 2 rings (SSSR count). The minimum Gasteiger partial charge on any atom is -0.0984 e. The molecular formula is C16H18. The maximum atomic E-state index is 3.95. The number of fused-ring (bicyclic) bond motifs is 1. The molecule has 0 amide bonds. The molecule has 1 aliphatic carbocycles. The Morgan fingerprint density at radius 2 is 1.88 bits per heavy atom. The zero-order valence-corrected chi connectivity index (χ0v) is 10.2. The highest BCUT2D eigenvalue weighted by Crippen LogP contribution is 2.46. The molecule has 0 atom stereocenters. The lowest BCUT2D eigenvalue weighted by Gasteiger charge is -2.22. The van der Waals surface area contributed by atoms with Crippen molar-refractivity contribution < 1.29 is 0 Å². The summed E-state index contributed by atoms with van der Waals surface area (Å²) >= 11 is 0. The number of hydrogen-bond donors (Lipinski definition) is 0. The summed E-state index contributed by atoms with van der Waals surface area (Å²) in [6.07, 6.45) is 6.28. The fraction of sp³-hybridized carbons (Fsp3) is 0.250. The first-order valence-corrected chi connectivity index (χ1v) is 5.72. The fourth-order valence-electron chi connectivity index (χ4n) is 2.57. The Balaban J connectivity index is 2.74. The van der Waals surface area contributed by atoms with Crippen molar-refractivity contribution >= 4 is 5.57 Å². The van der Waals surface area contributed by atoms with Crippen LogP contribution in [-0.2, 0) is 5.41 Å². The van der Waals surface area contributed by atoms with Crippen molar-refractivity contribution in [2.24, 2.45) is 0 Å². The zero-order valence-electron chi connectivity index (χ0n) is 10.2. The summed E-state index contributed by atoms with van der Waals surface area (Å²) in [4.78, 5) is 0. The molecule has 82 valence electrons. The van der Waals surface area contributed by atoms with Crippen molar-refractivity contribution in [3.05, 3.63) is 65.8 Å². The SMILES string of the molecule is C=CC1=C(/C=C\C)C(C)(C)c2ccccc21. The Morgan fingerprint density at radius 1 is 1.19 bits per heavy atom. The van der Waals surface area contributed by atoms with Gasteiger partial charge in [0.1, 0.15) is 0 Å². The normalized spacial score (nSPS) is 17.9. The Hall–Kier alpha value is -1.56. The third kappa shape index (κ3) is 1.37. The average molecular weight is 210 g/mol. The Bertz CT molecular complexity index is 485. The van der Waals surface area contributed by atoms with Gasteiger partial charge < -0.3 is 0 Å². The first kappa shape index (κ1) is 10.9. The van der Waals surface area contributed by atoms with Crippen LogP contribution < -0.4 is 0 Å². The van der Waals surface area contributed by atoms with Crippen molar-refractivity contribution in [2.75, 3.05) is 0 Å². The monoisotopic (exact) mass is 210 g/mol. The van der Waals surface area contributed by atoms with E-state index in [4.69, 9.17) is 0 Å². The van der Waals surface area contributed by atoms with Crippen LogP contribution in [0.5, 0.6) is 0 Å². The van der Waals surface area contributed by atoms with E-state index in [1.165, 1.54) is 22.3 Å². The molecule has 0 spiro atoms. The van der Waals surface area contributed by atoms with Crippen LogP contribution in [-0.4, -0.2) is 0 Å². The van der Waals surface area contributed by atoms with Gasteiger partial charge in [-0.3, -0.25) is 0 Å². The summed E-state index contributed by atoms with van der Waals surface area (Å²) in [6, 6.07) is 8.61. The van der Waals surface area contributed by atoms with Gasteiger partial charge in [-0.2, -0.15) is 0 Å². The summed E-state index contributed by atoms with van der Waals surface area (Å²) in [6.45, 7) is 10.6. The third-order valence-corrected chi connectivity index (χ3v) is 3.39. The molecular weight excluding hydrogens is 192 g/mol. The highest BCUT2D eigenvalue weighted by atomic mass is 14.4. The smallest absolute Gasteiger partial charge is 0.0158 e. The zero-order chi connectivity index (χ0) is 11.8. The number of rotatable bonds is 2. The molecule has 0 aliphatic heterocycles. The molecule has 16 heavy (non-hydrogen) atoms. The second kappa shape index (κ2) is 3.79. The van der Waals surface area contributed by atoms with E-state index in [1.54, 1.807) is 0 Å². The molecule has 0 fully saturated rings. The lowest BCUT2D eigenvalue weighted by Crippen LogP contribution is -2.15. The Morgan fingerprint density at radius 3 is 2.50 bits per heavy atom. The van der Waals surface area contributed by atoms with Gasteiger partial charge in [0.2, 0.25) is 0 Å². The first-order valence-electron chi connectivity index (χ1n) is 5.72. The summed E-state index contributed by atoms with van der Waals surface area (Å²) in [5.74, 6) is 0. The van der Waals surface area contributed by atoms with Crippen molar-refractivity contribution in [2.45, 2.75) is 26.2 Å². The van der Waals surface area contributed by atoms with Gasteiger partial charge in [0.15, 0.2) is 0 Å². The highest BCUT2D eigenvalue weighted by molar-refractivity contribution is 5.87. The van der Waals surface area contributed by atoms with E-state index in [0.717, 1.165) is 0 Å². The van der Waals surface area contributed by atoms with Crippen molar-refractivity contribution in [3.63, 3.8) is 0 Å². The van der Waals surface area contributed by atoms with E-state index in [0.29, 0.717) is 0 Å². The van der Waals surface area contributed by atoms with Crippen LogP contribution >= 0.6 is 0 Å². The van der Waals surface area contributed by atoms with Gasteiger partial charge in [-0.1, -0.05) is 62.9 Å². The van der Waals surface area contributed by atoms with Gasteiger partial charge in [-0.05, 0) is 29.2 Å². The summed E-state index contributed by atoms with van der Waals surface area (Å²) < 4.78 is 0. The molecule has 0 nitrogen and oxygen atoms in total. The number of benzene rings is 1. The van der Waals surface area contributed by atoms with Crippen LogP contribution in [0.3, 0.4) is 0 Å². The van der Waals surface area contributed by atoms with E-state index < -0.39 is 0 Å². The van der Waals surface area contributed by atoms with Crippen LogP contribution in [0.1, 0.15) is 31.9 Å². The predicted octanol–water partition coefficient (Wildman–Crippen LogP) is 4.49. The minimum atomic E-state index is 0.0899. The maximum absolute atomic E-state index is 3.95. The number of allylic oxidation sites excluding steroid dienone is 5. The molecule has 1 aliphatic rings. The largest absolute Gasteiger partial charge is 0.0984 e. The maximum Gasteiger partial charge on any atom is 0.0158 e. The van der Waals surface area contributed by atoms with Crippen molar-refractivity contribution in [1.82, 2.24) is 0 Å². The minimum absolute atomic E-state index is 0.0899. The summed E-state index contributed by atoms with van der Waals surface area (Å²) in [7, 11) is 0. The molecule has 0 N–H and O–H groups in total. The standard InChI is InChI=1S/C16H18/c1-5-9-14-12(6-2)13-10-7-8-11-15(13)16(14,3)4/h5-11H,2H2,1,3-4H3/b9-5-. The molecule has 0 heteroatoms. The second-order valence-electron chi connectivity index (χ2n) is 4.70. The first-order chi connectivity index (χ1) is 7.62. The van der Waals surface area contributed by atoms with E-state index in [-0.39, 0.29) is 5.41 Å². The molecule has 0 unspecified atom stereocenters. The van der Waals surface area contributed by atoms with Gasteiger partial charge >= 0.3 is 0 Å². The van der Waals surface area contributed by atoms with E-state index >= 15 is 0 Å². The summed E-state index contributed by atoms with van der Waals surface area (Å²) in [5.41, 5.74) is 5.46. The lowest BCUT2D eigenvalue weighted by atomic mass is 9.81. The van der Waals surface area contributed by atoms with Gasteiger partial charge in [-0.15, -0.1) is 0 Å². The van der Waals surface area contributed by atoms with Gasteiger partial charge in [0.05, 0.1) is 0 Å². The molecule has 0 heterocycles. The third-order valence-electron chi connectivity index (χ3n) is 3.39. The predicted molar refractivity (Wildman–Crippen MR) is 71.4 cm³/mol. The Kier molecular flexibility index (Phi) is 2.59. The molecule has 0 saturated carbocycles. The number of hydrogen-bond acceptors (Lipinski definition) is 0. The second-order valence-corrected chi connectivity index (χ2v) is 4.70. The molecule has 1 aromatic carbocycles. The lowest BCUT2D eigenvalue weighted by molar-refractivity contribution is 0.654. The van der Waals surface area contributed by atoms with E-state index in [2.05, 4.69) is 63.8 Å². The molecule has 0 aromatic heterocycles. The molecule has 0 radical (unpaired) electrons. The van der Waals surface area contributed by atoms with Crippen LogP contribution in [0, 0.1) is 0 Å². The summed E-state index contributed by atoms with van der Waals surface area (Å²) in [5, 5.41) is 0.